The molecule has 0 spiro atoms. The van der Waals surface area contributed by atoms with Crippen molar-refractivity contribution in [3.05, 3.63) is 42.9 Å². The van der Waals surface area contributed by atoms with Crippen molar-refractivity contribution in [3.8, 4) is 0 Å². The minimum Gasteiger partial charge on any atom is -0.331 e. The molecule has 122 valence electrons. The number of nitrogens with one attached hydrogen (secondary N) is 1. The molecule has 3 rings (SSSR count). The van der Waals surface area contributed by atoms with E-state index in [1.54, 1.807) is 6.92 Å². The molecule has 23 heavy (non-hydrogen) atoms. The van der Waals surface area contributed by atoms with E-state index in [2.05, 4.69) is 10.2 Å². The second kappa shape index (κ2) is 5.77. The highest BCUT2D eigenvalue weighted by atomic mass is 32.1. The molecule has 3 heterocycles. The molecule has 1 saturated heterocycles. The van der Waals surface area contributed by atoms with Gasteiger partial charge in [-0.15, -0.1) is 11.3 Å². The highest BCUT2D eigenvalue weighted by Gasteiger charge is 2.35. The van der Waals surface area contributed by atoms with Gasteiger partial charge in [0.05, 0.1) is 26.4 Å². The van der Waals surface area contributed by atoms with Crippen LogP contribution in [0.15, 0.2) is 6.07 Å². The Hall–Kier alpha value is -2.22. The van der Waals surface area contributed by atoms with E-state index in [-0.39, 0.29) is 17.6 Å². The minimum atomic E-state index is -0.436. The Morgan fingerprint density at radius 2 is 2.22 bits per heavy atom. The molecule has 1 aliphatic rings. The highest BCUT2D eigenvalue weighted by Crippen LogP contribution is 2.37. The van der Waals surface area contributed by atoms with Gasteiger partial charge in [-0.3, -0.25) is 20.0 Å². The lowest BCUT2D eigenvalue weighted by atomic mass is 10.0. The molecule has 1 N–H and O–H groups in total. The zero-order valence-corrected chi connectivity index (χ0v) is 14.1. The Labute approximate surface area is 137 Å². The van der Waals surface area contributed by atoms with Gasteiger partial charge in [-0.1, -0.05) is 0 Å². The number of nitrogens with zero attached hydrogens (tertiary/aromatic N) is 3. The summed E-state index contributed by atoms with van der Waals surface area (Å²) in [6.07, 6.45) is 1.81. The first-order valence-corrected chi connectivity index (χ1v) is 8.29. The van der Waals surface area contributed by atoms with Gasteiger partial charge >= 0.3 is 0 Å². The SMILES string of the molecule is Cc1n[nH]c(C)c1C1CCCN1C(=O)c1cc([N+](=O)[O-])c(C)s1. The van der Waals surface area contributed by atoms with Crippen molar-refractivity contribution in [2.45, 2.75) is 39.7 Å². The van der Waals surface area contributed by atoms with Crippen LogP contribution < -0.4 is 0 Å². The number of H-pyrrole nitrogens is 1. The van der Waals surface area contributed by atoms with E-state index in [1.165, 1.54) is 17.4 Å². The number of carbonyl (C=O) groups is 1. The van der Waals surface area contributed by atoms with E-state index < -0.39 is 4.92 Å². The van der Waals surface area contributed by atoms with Gasteiger partial charge in [-0.05, 0) is 33.6 Å². The van der Waals surface area contributed by atoms with Crippen LogP contribution in [0.2, 0.25) is 0 Å². The smallest absolute Gasteiger partial charge is 0.283 e. The molecule has 7 nitrogen and oxygen atoms in total. The van der Waals surface area contributed by atoms with E-state index >= 15 is 0 Å². The third-order valence-corrected chi connectivity index (χ3v) is 5.36. The number of aromatic nitrogens is 2. The van der Waals surface area contributed by atoms with Gasteiger partial charge in [-0.2, -0.15) is 5.10 Å². The molecule has 0 saturated carbocycles. The Kier molecular flexibility index (Phi) is 3.93. The van der Waals surface area contributed by atoms with Crippen molar-refractivity contribution in [2.24, 2.45) is 0 Å². The number of carbonyl (C=O) groups excluding carboxylic acids is 1. The van der Waals surface area contributed by atoms with Crippen molar-refractivity contribution >= 4 is 22.9 Å². The largest absolute Gasteiger partial charge is 0.331 e. The summed E-state index contributed by atoms with van der Waals surface area (Å²) in [5.74, 6) is -0.131. The number of hydrogen-bond acceptors (Lipinski definition) is 5. The number of thiophene rings is 1. The van der Waals surface area contributed by atoms with Gasteiger partial charge in [0, 0.05) is 23.9 Å². The van der Waals surface area contributed by atoms with Gasteiger partial charge in [0.1, 0.15) is 0 Å². The van der Waals surface area contributed by atoms with Gasteiger partial charge in [0.15, 0.2) is 0 Å². The van der Waals surface area contributed by atoms with E-state index in [1.807, 2.05) is 18.7 Å². The number of hydrogen-bond donors (Lipinski definition) is 1. The molecule has 2 aromatic heterocycles. The lowest BCUT2D eigenvalue weighted by Gasteiger charge is -2.24. The third kappa shape index (κ3) is 2.63. The van der Waals surface area contributed by atoms with Crippen LogP contribution in [0.3, 0.4) is 0 Å². The summed E-state index contributed by atoms with van der Waals surface area (Å²) in [5, 5.41) is 18.2. The molecular formula is C15H18N4O3S. The molecule has 0 aliphatic carbocycles. The van der Waals surface area contributed by atoms with Crippen LogP contribution in [-0.2, 0) is 0 Å². The summed E-state index contributed by atoms with van der Waals surface area (Å²) in [6, 6.07) is 1.38. The predicted molar refractivity (Wildman–Crippen MR) is 86.8 cm³/mol. The van der Waals surface area contributed by atoms with Crippen LogP contribution >= 0.6 is 11.3 Å². The monoisotopic (exact) mass is 334 g/mol. The fourth-order valence-electron chi connectivity index (χ4n) is 3.26. The molecule has 0 radical (unpaired) electrons. The Bertz CT molecular complexity index is 760. The summed E-state index contributed by atoms with van der Waals surface area (Å²) in [4.78, 5) is 26.2. The molecule has 1 aliphatic heterocycles. The molecule has 1 atom stereocenters. The quantitative estimate of drug-likeness (QED) is 0.688. The van der Waals surface area contributed by atoms with Crippen LogP contribution in [0.1, 0.15) is 50.4 Å². The first-order chi connectivity index (χ1) is 10.9. The van der Waals surface area contributed by atoms with Crippen molar-refractivity contribution < 1.29 is 9.72 Å². The number of likely N-dealkylation sites (tertiary alicyclic amines) is 1. The predicted octanol–water partition coefficient (Wildman–Crippen LogP) is 3.28. The van der Waals surface area contributed by atoms with Crippen molar-refractivity contribution in [1.82, 2.24) is 15.1 Å². The zero-order chi connectivity index (χ0) is 16.7. The molecule has 1 amide bonds. The zero-order valence-electron chi connectivity index (χ0n) is 13.3. The number of rotatable bonds is 3. The number of amides is 1. The van der Waals surface area contributed by atoms with E-state index in [9.17, 15) is 14.9 Å². The Morgan fingerprint density at radius 3 is 2.78 bits per heavy atom. The minimum absolute atomic E-state index is 0.0114. The lowest BCUT2D eigenvalue weighted by Crippen LogP contribution is -2.30. The van der Waals surface area contributed by atoms with Gasteiger partial charge in [0.25, 0.3) is 11.6 Å². The summed E-state index contributed by atoms with van der Waals surface area (Å²) in [6.45, 7) is 6.22. The van der Waals surface area contributed by atoms with E-state index in [0.717, 1.165) is 29.8 Å². The van der Waals surface area contributed by atoms with Gasteiger partial charge in [-0.25, -0.2) is 0 Å². The topological polar surface area (TPSA) is 92.1 Å². The fraction of sp³-hybridized carbons (Fsp3) is 0.467. The number of nitro groups is 1. The molecule has 1 fully saturated rings. The molecule has 2 aromatic rings. The van der Waals surface area contributed by atoms with E-state index in [0.29, 0.717) is 16.3 Å². The standard InChI is InChI=1S/C15H18N4O3S/c1-8-14(9(2)17-16-8)11-5-4-6-18(11)15(20)13-7-12(19(21)22)10(3)23-13/h7,11H,4-6H2,1-3H3,(H,16,17). The maximum absolute atomic E-state index is 12.8. The third-order valence-electron chi connectivity index (χ3n) is 4.33. The second-order valence-electron chi connectivity index (χ2n) is 5.81. The molecule has 0 bridgehead atoms. The average molecular weight is 334 g/mol. The van der Waals surface area contributed by atoms with Crippen LogP contribution in [0.25, 0.3) is 0 Å². The van der Waals surface area contributed by atoms with Crippen molar-refractivity contribution in [1.29, 1.82) is 0 Å². The van der Waals surface area contributed by atoms with Crippen LogP contribution in [-0.4, -0.2) is 32.5 Å². The van der Waals surface area contributed by atoms with Crippen molar-refractivity contribution in [2.75, 3.05) is 6.54 Å². The first-order valence-electron chi connectivity index (χ1n) is 7.47. The van der Waals surface area contributed by atoms with E-state index in [4.69, 9.17) is 0 Å². The highest BCUT2D eigenvalue weighted by molar-refractivity contribution is 7.14. The molecular weight excluding hydrogens is 316 g/mol. The summed E-state index contributed by atoms with van der Waals surface area (Å²) in [5.41, 5.74) is 2.96. The fourth-order valence-corrected chi connectivity index (χ4v) is 4.20. The maximum Gasteiger partial charge on any atom is 0.283 e. The van der Waals surface area contributed by atoms with Gasteiger partial charge in [0.2, 0.25) is 0 Å². The van der Waals surface area contributed by atoms with Crippen molar-refractivity contribution in [3.63, 3.8) is 0 Å². The van der Waals surface area contributed by atoms with Crippen LogP contribution in [0.4, 0.5) is 5.69 Å². The summed E-state index contributed by atoms with van der Waals surface area (Å²) >= 11 is 1.19. The summed E-state index contributed by atoms with van der Waals surface area (Å²) in [7, 11) is 0. The van der Waals surface area contributed by atoms with Crippen LogP contribution in [0.5, 0.6) is 0 Å². The molecule has 0 aromatic carbocycles. The number of aromatic amines is 1. The number of aryl methyl sites for hydroxylation is 3. The summed E-state index contributed by atoms with van der Waals surface area (Å²) < 4.78 is 0. The Balaban J connectivity index is 1.92. The van der Waals surface area contributed by atoms with Gasteiger partial charge < -0.3 is 4.90 Å². The second-order valence-corrected chi connectivity index (χ2v) is 7.07. The normalized spacial score (nSPS) is 17.7. The molecule has 8 heteroatoms. The Morgan fingerprint density at radius 1 is 1.48 bits per heavy atom. The van der Waals surface area contributed by atoms with Crippen LogP contribution in [0, 0.1) is 30.9 Å². The molecule has 1 unspecified atom stereocenters. The maximum atomic E-state index is 12.8. The first kappa shape index (κ1) is 15.7. The lowest BCUT2D eigenvalue weighted by molar-refractivity contribution is -0.385. The average Bonchev–Trinajstić information content (AvgIpc) is 3.17.